The fourth-order valence-corrected chi connectivity index (χ4v) is 4.57. The minimum absolute atomic E-state index is 0.163. The summed E-state index contributed by atoms with van der Waals surface area (Å²) >= 11 is 1.33. The van der Waals surface area contributed by atoms with E-state index < -0.39 is 0 Å². The molecule has 3 aromatic rings. The van der Waals surface area contributed by atoms with Gasteiger partial charge in [-0.25, -0.2) is 15.0 Å². The Labute approximate surface area is 186 Å². The molecule has 0 radical (unpaired) electrons. The maximum atomic E-state index is 12.7. The summed E-state index contributed by atoms with van der Waals surface area (Å²) < 4.78 is 6.25. The Morgan fingerprint density at radius 3 is 2.65 bits per heavy atom. The Hall–Kier alpha value is -2.84. The van der Waals surface area contributed by atoms with Crippen molar-refractivity contribution < 1.29 is 9.53 Å². The van der Waals surface area contributed by atoms with Gasteiger partial charge in [0, 0.05) is 34.2 Å². The van der Waals surface area contributed by atoms with Crippen LogP contribution in [0.1, 0.15) is 46.0 Å². The zero-order chi connectivity index (χ0) is 21.8. The van der Waals surface area contributed by atoms with Crippen LogP contribution in [-0.4, -0.2) is 40.1 Å². The highest BCUT2D eigenvalue weighted by Crippen LogP contribution is 2.36. The van der Waals surface area contributed by atoms with Crippen LogP contribution in [0.3, 0.4) is 0 Å². The lowest BCUT2D eigenvalue weighted by atomic mass is 10.0. The quantitative estimate of drug-likeness (QED) is 0.598. The van der Waals surface area contributed by atoms with Crippen LogP contribution in [0.2, 0.25) is 0 Å². The second-order valence-electron chi connectivity index (χ2n) is 7.81. The molecule has 0 spiro atoms. The summed E-state index contributed by atoms with van der Waals surface area (Å²) in [4.78, 5) is 26.2. The molecule has 1 amide bonds. The number of benzene rings is 1. The summed E-state index contributed by atoms with van der Waals surface area (Å²) in [5.41, 5.74) is 6.65. The second kappa shape index (κ2) is 9.53. The van der Waals surface area contributed by atoms with Gasteiger partial charge in [-0.2, -0.15) is 0 Å². The maximum absolute atomic E-state index is 12.7. The number of rotatable bonds is 6. The highest BCUT2D eigenvalue weighted by molar-refractivity contribution is 7.12. The van der Waals surface area contributed by atoms with Gasteiger partial charge in [0.15, 0.2) is 0 Å². The van der Waals surface area contributed by atoms with Crippen LogP contribution in [0.5, 0.6) is 5.75 Å². The van der Waals surface area contributed by atoms with Crippen LogP contribution >= 0.6 is 11.3 Å². The number of aromatic nitrogens is 3. The van der Waals surface area contributed by atoms with E-state index in [2.05, 4.69) is 25.6 Å². The van der Waals surface area contributed by atoms with Crippen molar-refractivity contribution in [1.82, 2.24) is 20.3 Å². The van der Waals surface area contributed by atoms with Gasteiger partial charge in [0.1, 0.15) is 23.6 Å². The first-order valence-electron chi connectivity index (χ1n) is 10.5. The average molecular weight is 438 g/mol. The summed E-state index contributed by atoms with van der Waals surface area (Å²) in [5, 5.41) is 6.51. The number of carbonyl (C=O) groups excluding carboxylic acids is 1. The molecule has 1 saturated heterocycles. The third-order valence-electron chi connectivity index (χ3n) is 5.54. The van der Waals surface area contributed by atoms with E-state index in [0.717, 1.165) is 46.9 Å². The number of anilines is 1. The number of ether oxygens (including phenoxy) is 1. The molecule has 31 heavy (non-hydrogen) atoms. The molecule has 1 fully saturated rings. The molecule has 1 aliphatic rings. The number of amides is 1. The van der Waals surface area contributed by atoms with Gasteiger partial charge in [-0.3, -0.25) is 4.79 Å². The molecule has 0 saturated carbocycles. The number of piperidine rings is 1. The van der Waals surface area contributed by atoms with Crippen molar-refractivity contribution in [2.24, 2.45) is 0 Å². The standard InChI is InChI=1S/C23H27N5O2S/c1-14-21(15(2)26-12-25-14)19-10-17(28-23(29)22-16(3)27-13-31-22)7-8-20(19)30-11-18-6-4-5-9-24-18/h7-8,10,12-13,18,24H,4-6,9,11H2,1-3H3,(H,28,29). The van der Waals surface area contributed by atoms with Gasteiger partial charge in [-0.15, -0.1) is 11.3 Å². The fraction of sp³-hybridized carbons (Fsp3) is 0.391. The van der Waals surface area contributed by atoms with Crippen molar-refractivity contribution in [3.05, 3.63) is 52.0 Å². The minimum atomic E-state index is -0.163. The molecule has 1 unspecified atom stereocenters. The zero-order valence-electron chi connectivity index (χ0n) is 18.1. The van der Waals surface area contributed by atoms with Gasteiger partial charge >= 0.3 is 0 Å². The Balaban J connectivity index is 1.64. The van der Waals surface area contributed by atoms with Gasteiger partial charge in [-0.05, 0) is 58.4 Å². The number of carbonyl (C=O) groups is 1. The Morgan fingerprint density at radius 2 is 1.97 bits per heavy atom. The first-order valence-corrected chi connectivity index (χ1v) is 11.4. The molecule has 1 atom stereocenters. The lowest BCUT2D eigenvalue weighted by Crippen LogP contribution is -2.38. The molecule has 1 aromatic carbocycles. The summed E-state index contributed by atoms with van der Waals surface area (Å²) in [5.74, 6) is 0.601. The molecule has 2 N–H and O–H groups in total. The molecule has 2 aromatic heterocycles. The molecule has 3 heterocycles. The Morgan fingerprint density at radius 1 is 1.16 bits per heavy atom. The third kappa shape index (κ3) is 4.91. The molecule has 7 nitrogen and oxygen atoms in total. The van der Waals surface area contributed by atoms with E-state index in [4.69, 9.17) is 4.74 Å². The number of hydrogen-bond donors (Lipinski definition) is 2. The maximum Gasteiger partial charge on any atom is 0.267 e. The predicted molar refractivity (Wildman–Crippen MR) is 123 cm³/mol. The van der Waals surface area contributed by atoms with Crippen LogP contribution in [0.15, 0.2) is 30.0 Å². The summed E-state index contributed by atoms with van der Waals surface area (Å²) in [6, 6.07) is 6.08. The van der Waals surface area contributed by atoms with Crippen LogP contribution in [0.25, 0.3) is 11.1 Å². The number of nitrogens with zero attached hydrogens (tertiary/aromatic N) is 3. The average Bonchev–Trinajstić information content (AvgIpc) is 3.20. The van der Waals surface area contributed by atoms with Gasteiger partial charge in [0.25, 0.3) is 5.91 Å². The molecule has 4 rings (SSSR count). The van der Waals surface area contributed by atoms with Crippen molar-refractivity contribution in [2.75, 3.05) is 18.5 Å². The SMILES string of the molecule is Cc1ncsc1C(=O)Nc1ccc(OCC2CCCCN2)c(-c2c(C)ncnc2C)c1. The lowest BCUT2D eigenvalue weighted by Gasteiger charge is -2.24. The van der Waals surface area contributed by atoms with E-state index in [1.807, 2.05) is 39.0 Å². The molecule has 8 heteroatoms. The molecule has 1 aliphatic heterocycles. The van der Waals surface area contributed by atoms with Crippen LogP contribution in [0.4, 0.5) is 5.69 Å². The largest absolute Gasteiger partial charge is 0.491 e. The number of nitrogens with one attached hydrogen (secondary N) is 2. The van der Waals surface area contributed by atoms with Gasteiger partial charge in [0.2, 0.25) is 0 Å². The van der Waals surface area contributed by atoms with E-state index in [1.54, 1.807) is 11.8 Å². The van der Waals surface area contributed by atoms with Gasteiger partial charge < -0.3 is 15.4 Å². The van der Waals surface area contributed by atoms with E-state index >= 15 is 0 Å². The first-order chi connectivity index (χ1) is 15.0. The smallest absolute Gasteiger partial charge is 0.267 e. The van der Waals surface area contributed by atoms with E-state index in [9.17, 15) is 4.79 Å². The van der Waals surface area contributed by atoms with Crippen molar-refractivity contribution in [2.45, 2.75) is 46.1 Å². The number of aryl methyl sites for hydroxylation is 3. The summed E-state index contributed by atoms with van der Waals surface area (Å²) in [7, 11) is 0. The highest BCUT2D eigenvalue weighted by atomic mass is 32.1. The predicted octanol–water partition coefficient (Wildman–Crippen LogP) is 4.30. The van der Waals surface area contributed by atoms with E-state index in [0.29, 0.717) is 23.2 Å². The molecule has 0 aliphatic carbocycles. The van der Waals surface area contributed by atoms with Crippen molar-refractivity contribution >= 4 is 22.9 Å². The van der Waals surface area contributed by atoms with Crippen LogP contribution in [0, 0.1) is 20.8 Å². The summed E-state index contributed by atoms with van der Waals surface area (Å²) in [6.07, 6.45) is 5.12. The number of hydrogen-bond acceptors (Lipinski definition) is 7. The lowest BCUT2D eigenvalue weighted by molar-refractivity contribution is 0.103. The summed E-state index contributed by atoms with van der Waals surface area (Å²) in [6.45, 7) is 7.39. The van der Waals surface area contributed by atoms with Crippen molar-refractivity contribution in [3.63, 3.8) is 0 Å². The van der Waals surface area contributed by atoms with Crippen molar-refractivity contribution in [3.8, 4) is 16.9 Å². The highest BCUT2D eigenvalue weighted by Gasteiger charge is 2.19. The molecular formula is C23H27N5O2S. The molecule has 0 bridgehead atoms. The Bertz CT molecular complexity index is 1060. The molecular weight excluding hydrogens is 410 g/mol. The second-order valence-corrected chi connectivity index (χ2v) is 8.66. The van der Waals surface area contributed by atoms with E-state index in [-0.39, 0.29) is 5.91 Å². The zero-order valence-corrected chi connectivity index (χ0v) is 18.9. The van der Waals surface area contributed by atoms with Gasteiger partial charge in [-0.1, -0.05) is 6.42 Å². The first kappa shape index (κ1) is 21.4. The van der Waals surface area contributed by atoms with Crippen LogP contribution in [-0.2, 0) is 0 Å². The van der Waals surface area contributed by atoms with Gasteiger partial charge in [0.05, 0.1) is 11.2 Å². The third-order valence-corrected chi connectivity index (χ3v) is 6.46. The number of thiazole rings is 1. The minimum Gasteiger partial charge on any atom is -0.491 e. The molecule has 162 valence electrons. The monoisotopic (exact) mass is 437 g/mol. The van der Waals surface area contributed by atoms with E-state index in [1.165, 1.54) is 24.2 Å². The Kier molecular flexibility index (Phi) is 6.58. The normalized spacial score (nSPS) is 16.2. The topological polar surface area (TPSA) is 89.0 Å². The van der Waals surface area contributed by atoms with Crippen LogP contribution < -0.4 is 15.4 Å². The fourth-order valence-electron chi connectivity index (χ4n) is 3.88. The van der Waals surface area contributed by atoms with Crippen molar-refractivity contribution in [1.29, 1.82) is 0 Å².